The zero-order valence-corrected chi connectivity index (χ0v) is 16.8. The summed E-state index contributed by atoms with van der Waals surface area (Å²) in [6.07, 6.45) is 1.63. The topological polar surface area (TPSA) is 101 Å². The summed E-state index contributed by atoms with van der Waals surface area (Å²) >= 11 is 1.41. The van der Waals surface area contributed by atoms with Crippen LogP contribution < -0.4 is 21.9 Å². The fourth-order valence-electron chi connectivity index (χ4n) is 2.77. The molecule has 7 nitrogen and oxygen atoms in total. The van der Waals surface area contributed by atoms with Crippen molar-refractivity contribution in [3.63, 3.8) is 0 Å². The molecule has 3 N–H and O–H groups in total. The number of nitrogens with zero attached hydrogens (tertiary/aromatic N) is 2. The van der Waals surface area contributed by atoms with Crippen molar-refractivity contribution in [2.45, 2.75) is 45.1 Å². The fraction of sp³-hybridized carbons (Fsp3) is 0.421. The lowest BCUT2D eigenvalue weighted by molar-refractivity contribution is -0.116. The molecule has 0 bridgehead atoms. The van der Waals surface area contributed by atoms with Crippen molar-refractivity contribution in [2.75, 3.05) is 22.9 Å². The molecular weight excluding hydrogens is 364 g/mol. The Balaban J connectivity index is 2.30. The molecule has 1 aromatic heterocycles. The molecule has 1 heterocycles. The van der Waals surface area contributed by atoms with Gasteiger partial charge in [-0.25, -0.2) is 4.79 Å². The number of benzene rings is 1. The van der Waals surface area contributed by atoms with E-state index < -0.39 is 11.2 Å². The highest BCUT2D eigenvalue weighted by molar-refractivity contribution is 8.00. The molecule has 0 saturated heterocycles. The summed E-state index contributed by atoms with van der Waals surface area (Å²) in [6.45, 7) is 6.44. The Labute approximate surface area is 162 Å². The summed E-state index contributed by atoms with van der Waals surface area (Å²) in [4.78, 5) is 41.9. The van der Waals surface area contributed by atoms with E-state index >= 15 is 0 Å². The molecule has 1 amide bonds. The maximum atomic E-state index is 12.8. The van der Waals surface area contributed by atoms with E-state index in [0.29, 0.717) is 6.54 Å². The van der Waals surface area contributed by atoms with Gasteiger partial charge in [0.15, 0.2) is 5.69 Å². The first-order chi connectivity index (χ1) is 12.9. The molecule has 0 fully saturated rings. The fourth-order valence-corrected chi connectivity index (χ4v) is 3.68. The van der Waals surface area contributed by atoms with Crippen LogP contribution in [0.5, 0.6) is 0 Å². The molecule has 8 heteroatoms. The number of aromatic amines is 1. The van der Waals surface area contributed by atoms with Crippen molar-refractivity contribution < 1.29 is 4.79 Å². The van der Waals surface area contributed by atoms with Gasteiger partial charge in [-0.15, -0.1) is 11.8 Å². The highest BCUT2D eigenvalue weighted by Crippen LogP contribution is 2.24. The maximum absolute atomic E-state index is 12.8. The van der Waals surface area contributed by atoms with Gasteiger partial charge in [0.2, 0.25) is 5.91 Å². The number of H-pyrrole nitrogens is 1. The lowest BCUT2D eigenvalue weighted by Gasteiger charge is -2.23. The van der Waals surface area contributed by atoms with Gasteiger partial charge in [-0.2, -0.15) is 0 Å². The summed E-state index contributed by atoms with van der Waals surface area (Å²) in [7, 11) is 0. The van der Waals surface area contributed by atoms with E-state index in [1.54, 1.807) is 6.92 Å². The Kier molecular flexibility index (Phi) is 7.29. The van der Waals surface area contributed by atoms with Gasteiger partial charge in [0.05, 0.1) is 5.75 Å². The number of hydrogen-bond acceptors (Lipinski definition) is 5. The number of nitrogen functional groups attached to an aromatic ring is 1. The quantitative estimate of drug-likeness (QED) is 0.674. The first-order valence-electron chi connectivity index (χ1n) is 9.02. The zero-order chi connectivity index (χ0) is 20.0. The number of anilines is 2. The van der Waals surface area contributed by atoms with Crippen LogP contribution in [-0.2, 0) is 11.3 Å². The van der Waals surface area contributed by atoms with Gasteiger partial charge in [-0.05, 0) is 31.9 Å². The van der Waals surface area contributed by atoms with Gasteiger partial charge in [-0.1, -0.05) is 31.5 Å². The number of unbranched alkanes of at least 4 members (excludes halogenated alkanes) is 1. The molecule has 0 unspecified atom stereocenters. The zero-order valence-electron chi connectivity index (χ0n) is 15.9. The SMILES string of the molecule is CCCCn1c(N)c(N(CC)C(=O)CSc2ccccc2C)c(=O)[nH]c1=O. The van der Waals surface area contributed by atoms with Crippen LogP contribution in [0.3, 0.4) is 0 Å². The van der Waals surface area contributed by atoms with Gasteiger partial charge >= 0.3 is 5.69 Å². The average molecular weight is 391 g/mol. The smallest absolute Gasteiger partial charge is 0.330 e. The number of aryl methyl sites for hydroxylation is 1. The van der Waals surface area contributed by atoms with Gasteiger partial charge < -0.3 is 10.6 Å². The molecule has 2 aromatic rings. The number of carbonyl (C=O) groups is 1. The minimum atomic E-state index is -0.638. The van der Waals surface area contributed by atoms with Gasteiger partial charge in [-0.3, -0.25) is 19.1 Å². The van der Waals surface area contributed by atoms with Crippen molar-refractivity contribution in [2.24, 2.45) is 0 Å². The van der Waals surface area contributed by atoms with Crippen molar-refractivity contribution in [3.8, 4) is 0 Å². The Hall–Kier alpha value is -2.48. The molecule has 0 spiro atoms. The van der Waals surface area contributed by atoms with E-state index in [4.69, 9.17) is 5.73 Å². The number of amides is 1. The second kappa shape index (κ2) is 9.45. The molecule has 0 saturated carbocycles. The van der Waals surface area contributed by atoms with Gasteiger partial charge in [0.1, 0.15) is 5.82 Å². The number of aromatic nitrogens is 2. The third kappa shape index (κ3) is 4.82. The first kappa shape index (κ1) is 20.8. The standard InChI is InChI=1S/C19H26N4O3S/c1-4-6-11-23-17(20)16(18(25)21-19(23)26)22(5-2)15(24)12-27-14-10-8-7-9-13(14)3/h7-10H,4-6,11-12,20H2,1-3H3,(H,21,25,26). The summed E-state index contributed by atoms with van der Waals surface area (Å²) < 4.78 is 1.32. The largest absolute Gasteiger partial charge is 0.383 e. The Morgan fingerprint density at radius 2 is 1.96 bits per heavy atom. The highest BCUT2D eigenvalue weighted by Gasteiger charge is 2.23. The number of nitrogens with one attached hydrogen (secondary N) is 1. The van der Waals surface area contributed by atoms with E-state index in [0.717, 1.165) is 23.3 Å². The number of nitrogens with two attached hydrogens (primary N) is 1. The van der Waals surface area contributed by atoms with E-state index in [1.165, 1.54) is 21.2 Å². The second-order valence-corrected chi connectivity index (χ2v) is 7.21. The molecule has 2 rings (SSSR count). The predicted molar refractivity (Wildman–Crippen MR) is 111 cm³/mol. The number of thioether (sulfide) groups is 1. The molecule has 1 aromatic carbocycles. The second-order valence-electron chi connectivity index (χ2n) is 6.19. The van der Waals surface area contributed by atoms with Crippen LogP contribution in [0.25, 0.3) is 0 Å². The minimum absolute atomic E-state index is 0.0355. The molecule has 0 radical (unpaired) electrons. The van der Waals surface area contributed by atoms with Crippen LogP contribution in [0.4, 0.5) is 11.5 Å². The van der Waals surface area contributed by atoms with E-state index in [-0.39, 0.29) is 29.7 Å². The summed E-state index contributed by atoms with van der Waals surface area (Å²) in [5, 5.41) is 0. The third-order valence-electron chi connectivity index (χ3n) is 4.28. The molecule has 0 aliphatic heterocycles. The predicted octanol–water partition coefficient (Wildman–Crippen LogP) is 2.37. The molecule has 0 aliphatic carbocycles. The van der Waals surface area contributed by atoms with Crippen molar-refractivity contribution in [3.05, 3.63) is 50.7 Å². The van der Waals surface area contributed by atoms with E-state index in [9.17, 15) is 14.4 Å². The van der Waals surface area contributed by atoms with Crippen LogP contribution in [-0.4, -0.2) is 27.8 Å². The van der Waals surface area contributed by atoms with Crippen molar-refractivity contribution in [1.29, 1.82) is 0 Å². The van der Waals surface area contributed by atoms with Crippen molar-refractivity contribution >= 4 is 29.2 Å². The van der Waals surface area contributed by atoms with Crippen LogP contribution in [0.1, 0.15) is 32.3 Å². The molecule has 0 atom stereocenters. The molecular formula is C19H26N4O3S. The first-order valence-corrected chi connectivity index (χ1v) is 10.0. The Bertz CT molecular complexity index is 920. The van der Waals surface area contributed by atoms with Gasteiger partial charge in [0.25, 0.3) is 5.56 Å². The summed E-state index contributed by atoms with van der Waals surface area (Å²) in [5.74, 6) is -0.0250. The van der Waals surface area contributed by atoms with E-state index in [2.05, 4.69) is 4.98 Å². The monoisotopic (exact) mass is 390 g/mol. The van der Waals surface area contributed by atoms with Gasteiger partial charge in [0, 0.05) is 18.0 Å². The summed E-state index contributed by atoms with van der Waals surface area (Å²) in [6, 6.07) is 7.80. The number of hydrogen-bond donors (Lipinski definition) is 2. The van der Waals surface area contributed by atoms with E-state index in [1.807, 2.05) is 38.1 Å². The third-order valence-corrected chi connectivity index (χ3v) is 5.44. The summed E-state index contributed by atoms with van der Waals surface area (Å²) in [5.41, 5.74) is 6.06. The highest BCUT2D eigenvalue weighted by atomic mass is 32.2. The van der Waals surface area contributed by atoms with Crippen LogP contribution in [0.15, 0.2) is 38.8 Å². The lowest BCUT2D eigenvalue weighted by atomic mass is 10.2. The Morgan fingerprint density at radius 1 is 1.26 bits per heavy atom. The minimum Gasteiger partial charge on any atom is -0.383 e. The van der Waals surface area contributed by atoms with Crippen LogP contribution in [0.2, 0.25) is 0 Å². The number of rotatable bonds is 8. The van der Waals surface area contributed by atoms with Crippen LogP contribution >= 0.6 is 11.8 Å². The average Bonchev–Trinajstić information content (AvgIpc) is 2.64. The van der Waals surface area contributed by atoms with Crippen molar-refractivity contribution in [1.82, 2.24) is 9.55 Å². The normalized spacial score (nSPS) is 10.8. The Morgan fingerprint density at radius 3 is 2.59 bits per heavy atom. The lowest BCUT2D eigenvalue weighted by Crippen LogP contribution is -2.41. The maximum Gasteiger partial charge on any atom is 0.330 e. The molecule has 0 aliphatic rings. The van der Waals surface area contributed by atoms with Crippen LogP contribution in [0, 0.1) is 6.92 Å². The molecule has 146 valence electrons. The number of carbonyl (C=O) groups excluding carboxylic acids is 1. The molecule has 27 heavy (non-hydrogen) atoms.